The molecule has 0 atom stereocenters. The topological polar surface area (TPSA) is 24.7 Å². The second kappa shape index (κ2) is 5.07. The Morgan fingerprint density at radius 3 is 2.39 bits per heavy atom. The van der Waals surface area contributed by atoms with Crippen LogP contribution in [0.5, 0.6) is 0 Å². The van der Waals surface area contributed by atoms with Crippen LogP contribution in [0.25, 0.3) is 9.40 Å². The van der Waals surface area contributed by atoms with Crippen molar-refractivity contribution in [1.82, 2.24) is 0 Å². The van der Waals surface area contributed by atoms with Crippen LogP contribution < -0.4 is 0 Å². The van der Waals surface area contributed by atoms with E-state index in [-0.39, 0.29) is 0 Å². The lowest BCUT2D eigenvalue weighted by Crippen LogP contribution is -1.67. The lowest BCUT2D eigenvalue weighted by atomic mass is 10.2. The number of aryl methyl sites for hydroxylation is 1. The molecule has 0 aliphatic carbocycles. The van der Waals surface area contributed by atoms with E-state index < -0.39 is 0 Å². The Bertz CT molecular complexity index is 679. The first-order chi connectivity index (χ1) is 8.70. The molecular formula is C13H9IN2S2. The van der Waals surface area contributed by atoms with Gasteiger partial charge in [-0.1, -0.05) is 17.7 Å². The Labute approximate surface area is 127 Å². The molecule has 0 aliphatic rings. The first kappa shape index (κ1) is 12.3. The number of fused-ring (bicyclic) bond motifs is 1. The van der Waals surface area contributed by atoms with E-state index in [0.717, 1.165) is 10.7 Å². The summed E-state index contributed by atoms with van der Waals surface area (Å²) in [5, 5.41) is 9.51. The summed E-state index contributed by atoms with van der Waals surface area (Å²) < 4.78 is 3.90. The number of hydrogen-bond acceptors (Lipinski definition) is 4. The van der Waals surface area contributed by atoms with Crippen LogP contribution in [0.15, 0.2) is 46.6 Å². The third-order valence-electron chi connectivity index (χ3n) is 2.46. The molecule has 0 saturated carbocycles. The minimum absolute atomic E-state index is 0.895. The summed E-state index contributed by atoms with van der Waals surface area (Å²) in [6.07, 6.45) is 0. The van der Waals surface area contributed by atoms with Crippen molar-refractivity contribution in [3.8, 4) is 0 Å². The maximum atomic E-state index is 4.29. The largest absolute Gasteiger partial charge is 0.150 e. The summed E-state index contributed by atoms with van der Waals surface area (Å²) in [7, 11) is 0. The highest BCUT2D eigenvalue weighted by Crippen LogP contribution is 2.38. The molecule has 90 valence electrons. The zero-order valence-corrected chi connectivity index (χ0v) is 13.3. The van der Waals surface area contributed by atoms with Crippen LogP contribution in [0.1, 0.15) is 5.56 Å². The quantitative estimate of drug-likeness (QED) is 0.366. The number of nitrogens with zero attached hydrogens (tertiary/aromatic N) is 2. The third kappa shape index (κ3) is 2.62. The van der Waals surface area contributed by atoms with Gasteiger partial charge in [0.1, 0.15) is 5.00 Å². The minimum Gasteiger partial charge on any atom is -0.150 e. The summed E-state index contributed by atoms with van der Waals surface area (Å²) in [6, 6.07) is 12.4. The summed E-state index contributed by atoms with van der Waals surface area (Å²) in [4.78, 5) is 0. The third-order valence-corrected chi connectivity index (χ3v) is 5.40. The van der Waals surface area contributed by atoms with Gasteiger partial charge in [-0.3, -0.25) is 0 Å². The molecule has 0 fully saturated rings. The predicted octanol–water partition coefficient (Wildman–Crippen LogP) is 6.29. The van der Waals surface area contributed by atoms with Gasteiger partial charge in [-0.25, -0.2) is 0 Å². The van der Waals surface area contributed by atoms with Crippen LogP contribution >= 0.6 is 45.3 Å². The lowest BCUT2D eigenvalue weighted by molar-refractivity contribution is 1.25. The molecule has 0 spiro atoms. The average Bonchev–Trinajstić information content (AvgIpc) is 2.85. The maximum absolute atomic E-state index is 4.29. The van der Waals surface area contributed by atoms with Gasteiger partial charge in [0.2, 0.25) is 0 Å². The molecule has 0 amide bonds. The van der Waals surface area contributed by atoms with Gasteiger partial charge in [-0.2, -0.15) is 0 Å². The highest BCUT2D eigenvalue weighted by atomic mass is 127. The van der Waals surface area contributed by atoms with Gasteiger partial charge in [0.15, 0.2) is 0 Å². The van der Waals surface area contributed by atoms with E-state index in [9.17, 15) is 0 Å². The average molecular weight is 384 g/mol. The van der Waals surface area contributed by atoms with Crippen molar-refractivity contribution in [1.29, 1.82) is 0 Å². The van der Waals surface area contributed by atoms with Crippen LogP contribution in [0.2, 0.25) is 0 Å². The number of halogens is 1. The molecule has 0 unspecified atom stereocenters. The molecule has 1 aromatic carbocycles. The van der Waals surface area contributed by atoms with Gasteiger partial charge in [-0.15, -0.1) is 32.9 Å². The van der Waals surface area contributed by atoms with E-state index in [4.69, 9.17) is 0 Å². The van der Waals surface area contributed by atoms with Crippen molar-refractivity contribution in [3.63, 3.8) is 0 Å². The Morgan fingerprint density at radius 1 is 0.944 bits per heavy atom. The van der Waals surface area contributed by atoms with Gasteiger partial charge in [0, 0.05) is 9.40 Å². The first-order valence-corrected chi connectivity index (χ1v) is 8.09. The minimum atomic E-state index is 0.895. The van der Waals surface area contributed by atoms with Crippen LogP contribution in [-0.4, -0.2) is 0 Å². The molecule has 2 heterocycles. The number of hydrogen-bond donors (Lipinski definition) is 0. The Hall–Kier alpha value is -0.790. The van der Waals surface area contributed by atoms with Crippen LogP contribution in [0.3, 0.4) is 0 Å². The number of benzene rings is 1. The molecule has 0 aliphatic heterocycles. The molecule has 0 saturated heterocycles. The van der Waals surface area contributed by atoms with E-state index >= 15 is 0 Å². The van der Waals surface area contributed by atoms with Crippen molar-refractivity contribution in [2.45, 2.75) is 6.92 Å². The number of thiophene rings is 2. The summed E-state index contributed by atoms with van der Waals surface area (Å²) in [5.74, 6) is 0. The highest BCUT2D eigenvalue weighted by Gasteiger charge is 2.04. The molecule has 5 heteroatoms. The monoisotopic (exact) mass is 384 g/mol. The maximum Gasteiger partial charge on any atom is 0.140 e. The van der Waals surface area contributed by atoms with Gasteiger partial charge >= 0.3 is 0 Å². The van der Waals surface area contributed by atoms with E-state index in [0.29, 0.717) is 0 Å². The van der Waals surface area contributed by atoms with Crippen LogP contribution in [0, 0.1) is 9.81 Å². The van der Waals surface area contributed by atoms with E-state index in [1.807, 2.05) is 24.3 Å². The molecular weight excluding hydrogens is 375 g/mol. The zero-order chi connectivity index (χ0) is 12.5. The molecule has 0 N–H and O–H groups in total. The molecule has 0 radical (unpaired) electrons. The molecule has 18 heavy (non-hydrogen) atoms. The Balaban J connectivity index is 1.86. The van der Waals surface area contributed by atoms with Crippen molar-refractivity contribution < 1.29 is 0 Å². The Morgan fingerprint density at radius 2 is 1.67 bits per heavy atom. The molecule has 2 nitrogen and oxygen atoms in total. The van der Waals surface area contributed by atoms with Crippen molar-refractivity contribution in [2.75, 3.05) is 0 Å². The van der Waals surface area contributed by atoms with Gasteiger partial charge < -0.3 is 0 Å². The zero-order valence-electron chi connectivity index (χ0n) is 9.55. The van der Waals surface area contributed by atoms with Gasteiger partial charge in [0.05, 0.1) is 8.57 Å². The Kier molecular flexibility index (Phi) is 3.45. The normalized spacial score (nSPS) is 11.7. The van der Waals surface area contributed by atoms with E-state index in [1.165, 1.54) is 17.8 Å². The van der Waals surface area contributed by atoms with Gasteiger partial charge in [0.25, 0.3) is 0 Å². The highest BCUT2D eigenvalue weighted by molar-refractivity contribution is 14.1. The fraction of sp³-hybridized carbons (Fsp3) is 0.0769. The van der Waals surface area contributed by atoms with Crippen molar-refractivity contribution in [3.05, 3.63) is 44.8 Å². The second-order valence-corrected chi connectivity index (χ2v) is 7.94. The summed E-state index contributed by atoms with van der Waals surface area (Å²) >= 11 is 5.82. The molecule has 2 aromatic heterocycles. The predicted molar refractivity (Wildman–Crippen MR) is 87.8 cm³/mol. The van der Waals surface area contributed by atoms with E-state index in [1.54, 1.807) is 22.7 Å². The van der Waals surface area contributed by atoms with Gasteiger partial charge in [-0.05, 0) is 53.8 Å². The van der Waals surface area contributed by atoms with Crippen molar-refractivity contribution >= 4 is 65.4 Å². The van der Waals surface area contributed by atoms with Crippen LogP contribution in [-0.2, 0) is 0 Å². The fourth-order valence-corrected chi connectivity index (χ4v) is 4.73. The van der Waals surface area contributed by atoms with E-state index in [2.05, 4.69) is 51.9 Å². The molecule has 0 bridgehead atoms. The fourth-order valence-electron chi connectivity index (χ4n) is 1.56. The number of rotatable bonds is 2. The number of azo groups is 1. The lowest BCUT2D eigenvalue weighted by Gasteiger charge is -1.92. The SMILES string of the molecule is Cc1ccc(N=Nc2cc3sc(I)cc3s2)cc1. The van der Waals surface area contributed by atoms with Crippen LogP contribution in [0.4, 0.5) is 10.7 Å². The summed E-state index contributed by atoms with van der Waals surface area (Å²) in [5.41, 5.74) is 2.13. The second-order valence-electron chi connectivity index (χ2n) is 3.90. The first-order valence-electron chi connectivity index (χ1n) is 5.38. The standard InChI is InChI=1S/C13H9IN2S2/c1-8-2-4-9(5-3-8)15-16-13-7-11-10(18-13)6-12(14)17-11/h2-7H,1H3. The smallest absolute Gasteiger partial charge is 0.140 e. The molecule has 3 rings (SSSR count). The van der Waals surface area contributed by atoms with Crippen molar-refractivity contribution in [2.24, 2.45) is 10.2 Å². The molecule has 3 aromatic rings. The summed E-state index contributed by atoms with van der Waals surface area (Å²) in [6.45, 7) is 2.07.